The Labute approximate surface area is 107 Å². The van der Waals surface area contributed by atoms with Crippen molar-refractivity contribution < 1.29 is 14.6 Å². The van der Waals surface area contributed by atoms with Crippen LogP contribution in [-0.2, 0) is 16.0 Å². The molecule has 4 heteroatoms. The summed E-state index contributed by atoms with van der Waals surface area (Å²) in [5.41, 5.74) is 0.675. The SMILES string of the molecule is C[C@@H]1CN(C(=O)Cc2ccccc2O)C[C@H](C)O1. The van der Waals surface area contributed by atoms with Gasteiger partial charge in [0.25, 0.3) is 0 Å². The van der Waals surface area contributed by atoms with Crippen LogP contribution in [0.5, 0.6) is 5.75 Å². The summed E-state index contributed by atoms with van der Waals surface area (Å²) in [6.07, 6.45) is 0.385. The summed E-state index contributed by atoms with van der Waals surface area (Å²) in [6, 6.07) is 6.96. The van der Waals surface area contributed by atoms with E-state index in [1.54, 1.807) is 18.2 Å². The van der Waals surface area contributed by atoms with Crippen LogP contribution in [0.25, 0.3) is 0 Å². The van der Waals surface area contributed by atoms with Gasteiger partial charge >= 0.3 is 0 Å². The van der Waals surface area contributed by atoms with Gasteiger partial charge in [0.2, 0.25) is 5.91 Å². The first-order chi connectivity index (χ1) is 8.56. The molecule has 1 aliphatic heterocycles. The predicted octanol–water partition coefficient (Wildman–Crippen LogP) is 1.57. The summed E-state index contributed by atoms with van der Waals surface area (Å²) in [5, 5.41) is 9.67. The average molecular weight is 249 g/mol. The van der Waals surface area contributed by atoms with Crippen molar-refractivity contribution >= 4 is 5.91 Å². The van der Waals surface area contributed by atoms with Gasteiger partial charge in [0.1, 0.15) is 5.75 Å². The molecule has 1 aromatic rings. The van der Waals surface area contributed by atoms with Gasteiger partial charge in [-0.3, -0.25) is 4.79 Å². The van der Waals surface area contributed by atoms with Gasteiger partial charge in [-0.1, -0.05) is 18.2 Å². The minimum absolute atomic E-state index is 0.0403. The Bertz CT molecular complexity index is 423. The van der Waals surface area contributed by atoms with Crippen LogP contribution in [-0.4, -0.2) is 41.2 Å². The van der Waals surface area contributed by atoms with Gasteiger partial charge in [0.15, 0.2) is 0 Å². The number of aromatic hydroxyl groups is 1. The molecule has 0 radical (unpaired) electrons. The molecule has 1 heterocycles. The lowest BCUT2D eigenvalue weighted by atomic mass is 10.1. The van der Waals surface area contributed by atoms with Crippen molar-refractivity contribution in [3.05, 3.63) is 29.8 Å². The van der Waals surface area contributed by atoms with Crippen LogP contribution in [0.3, 0.4) is 0 Å². The molecular weight excluding hydrogens is 230 g/mol. The Morgan fingerprint density at radius 3 is 2.56 bits per heavy atom. The Morgan fingerprint density at radius 2 is 1.94 bits per heavy atom. The number of benzene rings is 1. The van der Waals surface area contributed by atoms with E-state index in [0.717, 1.165) is 0 Å². The molecule has 1 N–H and O–H groups in total. The largest absolute Gasteiger partial charge is 0.508 e. The van der Waals surface area contributed by atoms with E-state index >= 15 is 0 Å². The fraction of sp³-hybridized carbons (Fsp3) is 0.500. The monoisotopic (exact) mass is 249 g/mol. The molecule has 0 aliphatic carbocycles. The van der Waals surface area contributed by atoms with Crippen LogP contribution in [0.4, 0.5) is 0 Å². The highest BCUT2D eigenvalue weighted by molar-refractivity contribution is 5.79. The lowest BCUT2D eigenvalue weighted by Crippen LogP contribution is -2.48. The molecule has 1 aliphatic rings. The maximum atomic E-state index is 12.2. The quantitative estimate of drug-likeness (QED) is 0.865. The second-order valence-corrected chi connectivity index (χ2v) is 4.86. The second-order valence-electron chi connectivity index (χ2n) is 4.86. The molecule has 1 amide bonds. The zero-order chi connectivity index (χ0) is 13.1. The summed E-state index contributed by atoms with van der Waals surface area (Å²) >= 11 is 0. The fourth-order valence-electron chi connectivity index (χ4n) is 2.32. The molecule has 2 rings (SSSR count). The summed E-state index contributed by atoms with van der Waals surface area (Å²) < 4.78 is 5.60. The average Bonchev–Trinajstić information content (AvgIpc) is 2.31. The standard InChI is InChI=1S/C14H19NO3/c1-10-8-15(9-11(2)18-10)14(17)7-12-5-3-4-6-13(12)16/h3-6,10-11,16H,7-9H2,1-2H3/t10-,11+. The first-order valence-electron chi connectivity index (χ1n) is 6.26. The minimum atomic E-state index is 0.0403. The number of morpholine rings is 1. The summed E-state index contributed by atoms with van der Waals surface area (Å²) in [5.74, 6) is 0.221. The van der Waals surface area contributed by atoms with Crippen molar-refractivity contribution in [3.63, 3.8) is 0 Å². The number of ether oxygens (including phenoxy) is 1. The molecule has 0 saturated carbocycles. The summed E-state index contributed by atoms with van der Waals surface area (Å²) in [4.78, 5) is 14.0. The van der Waals surface area contributed by atoms with Crippen LogP contribution >= 0.6 is 0 Å². The number of carbonyl (C=O) groups is 1. The van der Waals surface area contributed by atoms with Crippen LogP contribution in [0.15, 0.2) is 24.3 Å². The molecule has 1 aromatic carbocycles. The molecule has 18 heavy (non-hydrogen) atoms. The predicted molar refractivity (Wildman–Crippen MR) is 68.4 cm³/mol. The highest BCUT2D eigenvalue weighted by Gasteiger charge is 2.26. The van der Waals surface area contributed by atoms with Gasteiger partial charge in [0, 0.05) is 18.7 Å². The maximum Gasteiger partial charge on any atom is 0.227 e. The Hall–Kier alpha value is -1.55. The maximum absolute atomic E-state index is 12.2. The van der Waals surface area contributed by atoms with Gasteiger partial charge in [0.05, 0.1) is 18.6 Å². The number of para-hydroxylation sites is 1. The molecule has 1 fully saturated rings. The van der Waals surface area contributed by atoms with Crippen molar-refractivity contribution in [1.82, 2.24) is 4.90 Å². The van der Waals surface area contributed by atoms with E-state index in [1.807, 2.05) is 24.8 Å². The zero-order valence-electron chi connectivity index (χ0n) is 10.8. The molecule has 0 aromatic heterocycles. The van der Waals surface area contributed by atoms with Gasteiger partial charge in [-0.2, -0.15) is 0 Å². The Morgan fingerprint density at radius 1 is 1.33 bits per heavy atom. The van der Waals surface area contributed by atoms with Gasteiger partial charge < -0.3 is 14.7 Å². The minimum Gasteiger partial charge on any atom is -0.508 e. The fourth-order valence-corrected chi connectivity index (χ4v) is 2.32. The molecule has 0 bridgehead atoms. The Balaban J connectivity index is 2.02. The smallest absolute Gasteiger partial charge is 0.227 e. The molecule has 0 unspecified atom stereocenters. The summed E-state index contributed by atoms with van der Waals surface area (Å²) in [7, 11) is 0. The van der Waals surface area contributed by atoms with E-state index in [4.69, 9.17) is 4.74 Å². The van der Waals surface area contributed by atoms with Crippen molar-refractivity contribution in [2.24, 2.45) is 0 Å². The van der Waals surface area contributed by atoms with E-state index in [0.29, 0.717) is 18.7 Å². The first kappa shape index (κ1) is 12.9. The highest BCUT2D eigenvalue weighted by Crippen LogP contribution is 2.18. The third-order valence-corrected chi connectivity index (χ3v) is 3.11. The van der Waals surface area contributed by atoms with Gasteiger partial charge in [-0.05, 0) is 19.9 Å². The van der Waals surface area contributed by atoms with Crippen LogP contribution in [0, 0.1) is 0 Å². The van der Waals surface area contributed by atoms with E-state index < -0.39 is 0 Å². The van der Waals surface area contributed by atoms with E-state index in [1.165, 1.54) is 0 Å². The number of phenolic OH excluding ortho intramolecular Hbond substituents is 1. The number of rotatable bonds is 2. The van der Waals surface area contributed by atoms with E-state index in [-0.39, 0.29) is 30.3 Å². The number of hydrogen-bond acceptors (Lipinski definition) is 3. The topological polar surface area (TPSA) is 49.8 Å². The lowest BCUT2D eigenvalue weighted by molar-refractivity contribution is -0.142. The normalized spacial score (nSPS) is 24.0. The molecule has 1 saturated heterocycles. The van der Waals surface area contributed by atoms with Crippen molar-refractivity contribution in [3.8, 4) is 5.75 Å². The van der Waals surface area contributed by atoms with Crippen molar-refractivity contribution in [2.75, 3.05) is 13.1 Å². The van der Waals surface area contributed by atoms with Crippen molar-refractivity contribution in [2.45, 2.75) is 32.5 Å². The number of phenols is 1. The number of hydrogen-bond donors (Lipinski definition) is 1. The molecule has 98 valence electrons. The van der Waals surface area contributed by atoms with Gasteiger partial charge in [-0.15, -0.1) is 0 Å². The third-order valence-electron chi connectivity index (χ3n) is 3.11. The zero-order valence-corrected chi connectivity index (χ0v) is 10.8. The molecular formula is C14H19NO3. The Kier molecular flexibility index (Phi) is 3.87. The number of nitrogens with zero attached hydrogens (tertiary/aromatic N) is 1. The van der Waals surface area contributed by atoms with E-state index in [9.17, 15) is 9.90 Å². The van der Waals surface area contributed by atoms with Crippen molar-refractivity contribution in [1.29, 1.82) is 0 Å². The van der Waals surface area contributed by atoms with Crippen LogP contribution < -0.4 is 0 Å². The third kappa shape index (κ3) is 3.01. The van der Waals surface area contributed by atoms with E-state index in [2.05, 4.69) is 0 Å². The molecule has 0 spiro atoms. The number of amides is 1. The summed E-state index contributed by atoms with van der Waals surface area (Å²) in [6.45, 7) is 5.18. The van der Waals surface area contributed by atoms with Gasteiger partial charge in [-0.25, -0.2) is 0 Å². The highest BCUT2D eigenvalue weighted by atomic mass is 16.5. The first-order valence-corrected chi connectivity index (χ1v) is 6.26. The lowest BCUT2D eigenvalue weighted by Gasteiger charge is -2.35. The second kappa shape index (κ2) is 5.40. The number of carbonyl (C=O) groups excluding carboxylic acids is 1. The van der Waals surface area contributed by atoms with Crippen LogP contribution in [0.2, 0.25) is 0 Å². The molecule has 2 atom stereocenters. The molecule has 4 nitrogen and oxygen atoms in total. The van der Waals surface area contributed by atoms with Crippen LogP contribution in [0.1, 0.15) is 19.4 Å².